The third-order valence-corrected chi connectivity index (χ3v) is 9.49. The molecular formula is C27H44O2. The maximum absolute atomic E-state index is 12.9. The number of hydrogen-bond donors (Lipinski definition) is 0. The molecule has 0 aromatic heterocycles. The van der Waals surface area contributed by atoms with E-state index in [-0.39, 0.29) is 5.41 Å². The summed E-state index contributed by atoms with van der Waals surface area (Å²) in [4.78, 5) is 24.6. The summed E-state index contributed by atoms with van der Waals surface area (Å²) in [5.74, 6) is 4.03. The minimum Gasteiger partial charge on any atom is -0.303 e. The van der Waals surface area contributed by atoms with Crippen molar-refractivity contribution in [1.29, 1.82) is 0 Å². The van der Waals surface area contributed by atoms with Gasteiger partial charge in [-0.15, -0.1) is 0 Å². The standard InChI is InChI=1S/C27H44O2/c1-19(2)9-8-10-20(3)22-12-13-23-21(15-18-28)24(14-17-26(22,23)4)27(5)16-7-6-11-25(27)29/h6,11,18-24H,7-10,12-17H2,1-5H3/t20-,21+,22-,23?,24+,26-,27-/m1/s1. The minimum atomic E-state index is -0.259. The molecule has 2 nitrogen and oxygen atoms in total. The third-order valence-electron chi connectivity index (χ3n) is 9.49. The maximum atomic E-state index is 12.9. The van der Waals surface area contributed by atoms with Gasteiger partial charge in [-0.2, -0.15) is 0 Å². The number of ketones is 1. The largest absolute Gasteiger partial charge is 0.303 e. The fourth-order valence-corrected chi connectivity index (χ4v) is 7.80. The summed E-state index contributed by atoms with van der Waals surface area (Å²) < 4.78 is 0. The van der Waals surface area contributed by atoms with Crippen molar-refractivity contribution in [3.8, 4) is 0 Å². The summed E-state index contributed by atoms with van der Waals surface area (Å²) in [6.07, 6.45) is 16.6. The molecule has 0 heterocycles. The molecule has 0 spiro atoms. The van der Waals surface area contributed by atoms with Crippen molar-refractivity contribution in [2.45, 2.75) is 98.8 Å². The van der Waals surface area contributed by atoms with Crippen LogP contribution >= 0.6 is 0 Å². The lowest BCUT2D eigenvalue weighted by atomic mass is 9.50. The van der Waals surface area contributed by atoms with Gasteiger partial charge in [-0.3, -0.25) is 4.79 Å². The van der Waals surface area contributed by atoms with E-state index in [1.165, 1.54) is 38.5 Å². The smallest absolute Gasteiger partial charge is 0.161 e. The van der Waals surface area contributed by atoms with Gasteiger partial charge in [0.2, 0.25) is 0 Å². The fourth-order valence-electron chi connectivity index (χ4n) is 7.80. The highest BCUT2D eigenvalue weighted by atomic mass is 16.1. The highest BCUT2D eigenvalue weighted by Gasteiger charge is 2.58. The second kappa shape index (κ2) is 9.06. The van der Waals surface area contributed by atoms with Crippen LogP contribution in [0, 0.1) is 46.3 Å². The zero-order valence-electron chi connectivity index (χ0n) is 19.6. The molecule has 0 aromatic rings. The monoisotopic (exact) mass is 400 g/mol. The van der Waals surface area contributed by atoms with E-state index >= 15 is 0 Å². The van der Waals surface area contributed by atoms with Crippen molar-refractivity contribution >= 4 is 12.1 Å². The average Bonchev–Trinajstić information content (AvgIpc) is 3.02. The summed E-state index contributed by atoms with van der Waals surface area (Å²) in [5.41, 5.74) is 0.0933. The lowest BCUT2D eigenvalue weighted by molar-refractivity contribution is -0.135. The lowest BCUT2D eigenvalue weighted by Crippen LogP contribution is -2.50. The molecular weight excluding hydrogens is 356 g/mol. The molecule has 0 bridgehead atoms. The zero-order valence-corrected chi connectivity index (χ0v) is 19.6. The molecule has 0 saturated heterocycles. The van der Waals surface area contributed by atoms with E-state index in [9.17, 15) is 9.59 Å². The van der Waals surface area contributed by atoms with Crippen LogP contribution in [-0.2, 0) is 9.59 Å². The van der Waals surface area contributed by atoms with Crippen molar-refractivity contribution < 1.29 is 9.59 Å². The molecule has 0 amide bonds. The van der Waals surface area contributed by atoms with Gasteiger partial charge in [-0.25, -0.2) is 0 Å². The molecule has 0 aliphatic heterocycles. The second-order valence-corrected chi connectivity index (χ2v) is 11.5. The van der Waals surface area contributed by atoms with Crippen molar-refractivity contribution in [3.05, 3.63) is 12.2 Å². The Morgan fingerprint density at radius 2 is 1.83 bits per heavy atom. The molecule has 2 saturated carbocycles. The van der Waals surface area contributed by atoms with Gasteiger partial charge in [-0.05, 0) is 85.5 Å². The van der Waals surface area contributed by atoms with Crippen LogP contribution in [0.15, 0.2) is 12.2 Å². The number of allylic oxidation sites excluding steroid dienone is 2. The van der Waals surface area contributed by atoms with Gasteiger partial charge in [0.05, 0.1) is 0 Å². The molecule has 3 aliphatic carbocycles. The summed E-state index contributed by atoms with van der Waals surface area (Å²) in [6, 6.07) is 0. The highest BCUT2D eigenvalue weighted by Crippen LogP contribution is 2.64. The first-order valence-electron chi connectivity index (χ1n) is 12.4. The SMILES string of the molecule is CC(C)CCC[C@@H](C)[C@H]1CCC2[C@H](CC=O)[C@@H]([C@@]3(C)CCC=CC3=O)CC[C@@]21C. The lowest BCUT2D eigenvalue weighted by Gasteiger charge is -2.54. The summed E-state index contributed by atoms with van der Waals surface area (Å²) in [5, 5.41) is 0. The number of carbonyl (C=O) groups is 2. The molecule has 3 aliphatic rings. The molecule has 3 rings (SSSR count). The maximum Gasteiger partial charge on any atom is 0.161 e. The van der Waals surface area contributed by atoms with Gasteiger partial charge in [-0.1, -0.05) is 60.0 Å². The first-order chi connectivity index (χ1) is 13.7. The van der Waals surface area contributed by atoms with Crippen molar-refractivity contribution in [3.63, 3.8) is 0 Å². The van der Waals surface area contributed by atoms with Crippen molar-refractivity contribution in [2.24, 2.45) is 46.3 Å². The van der Waals surface area contributed by atoms with Crippen LogP contribution in [0.1, 0.15) is 98.8 Å². The number of fused-ring (bicyclic) bond motifs is 1. The Bertz CT molecular complexity index is 620. The van der Waals surface area contributed by atoms with Gasteiger partial charge < -0.3 is 4.79 Å². The van der Waals surface area contributed by atoms with Crippen LogP contribution in [0.2, 0.25) is 0 Å². The van der Waals surface area contributed by atoms with Crippen LogP contribution in [0.3, 0.4) is 0 Å². The number of aldehydes is 1. The Balaban J connectivity index is 1.78. The molecule has 164 valence electrons. The van der Waals surface area contributed by atoms with Crippen LogP contribution in [0.5, 0.6) is 0 Å². The van der Waals surface area contributed by atoms with Gasteiger partial charge in [0, 0.05) is 11.8 Å². The molecule has 7 atom stereocenters. The number of rotatable bonds is 8. The molecule has 0 aromatic carbocycles. The Morgan fingerprint density at radius 1 is 1.07 bits per heavy atom. The van der Waals surface area contributed by atoms with E-state index in [1.54, 1.807) is 0 Å². The number of hydrogen-bond acceptors (Lipinski definition) is 2. The Kier molecular flexibility index (Phi) is 7.11. The molecule has 2 fully saturated rings. The van der Waals surface area contributed by atoms with Crippen LogP contribution < -0.4 is 0 Å². The summed E-state index contributed by atoms with van der Waals surface area (Å²) >= 11 is 0. The van der Waals surface area contributed by atoms with Gasteiger partial charge >= 0.3 is 0 Å². The molecule has 0 radical (unpaired) electrons. The highest BCUT2D eigenvalue weighted by molar-refractivity contribution is 5.95. The average molecular weight is 401 g/mol. The topological polar surface area (TPSA) is 34.1 Å². The van der Waals surface area contributed by atoms with Crippen LogP contribution in [0.4, 0.5) is 0 Å². The predicted molar refractivity (Wildman–Crippen MR) is 121 cm³/mol. The first kappa shape index (κ1) is 22.8. The van der Waals surface area contributed by atoms with E-state index in [4.69, 9.17) is 0 Å². The number of carbonyl (C=O) groups excluding carboxylic acids is 2. The van der Waals surface area contributed by atoms with E-state index < -0.39 is 0 Å². The fraction of sp³-hybridized carbons (Fsp3) is 0.852. The van der Waals surface area contributed by atoms with Gasteiger partial charge in [0.25, 0.3) is 0 Å². The molecule has 0 N–H and O–H groups in total. The molecule has 2 heteroatoms. The first-order valence-corrected chi connectivity index (χ1v) is 12.4. The van der Waals surface area contributed by atoms with E-state index in [2.05, 4.69) is 34.6 Å². The predicted octanol–water partition coefficient (Wildman–Crippen LogP) is 7.02. The summed E-state index contributed by atoms with van der Waals surface area (Å²) in [6.45, 7) is 11.9. The third kappa shape index (κ3) is 4.28. The van der Waals surface area contributed by atoms with Crippen LogP contribution in [-0.4, -0.2) is 12.1 Å². The van der Waals surface area contributed by atoms with E-state index in [0.29, 0.717) is 35.4 Å². The molecule has 1 unspecified atom stereocenters. The summed E-state index contributed by atoms with van der Waals surface area (Å²) in [7, 11) is 0. The zero-order chi connectivity index (χ0) is 21.2. The van der Waals surface area contributed by atoms with Gasteiger partial charge in [0.15, 0.2) is 5.78 Å². The second-order valence-electron chi connectivity index (χ2n) is 11.5. The minimum absolute atomic E-state index is 0.259. The van der Waals surface area contributed by atoms with E-state index in [1.807, 2.05) is 12.2 Å². The Hall–Kier alpha value is -0.920. The van der Waals surface area contributed by atoms with Crippen LogP contribution in [0.25, 0.3) is 0 Å². The van der Waals surface area contributed by atoms with E-state index in [0.717, 1.165) is 43.3 Å². The van der Waals surface area contributed by atoms with Gasteiger partial charge in [0.1, 0.15) is 6.29 Å². The quantitative estimate of drug-likeness (QED) is 0.410. The normalized spacial score (nSPS) is 40.8. The Morgan fingerprint density at radius 3 is 2.48 bits per heavy atom. The Labute approximate surface area is 179 Å². The molecule has 29 heavy (non-hydrogen) atoms. The van der Waals surface area contributed by atoms with Crippen molar-refractivity contribution in [1.82, 2.24) is 0 Å². The van der Waals surface area contributed by atoms with Crippen molar-refractivity contribution in [2.75, 3.05) is 0 Å².